The Labute approximate surface area is 201 Å². The first-order valence-corrected chi connectivity index (χ1v) is 11.8. The van der Waals surface area contributed by atoms with Crippen molar-refractivity contribution in [2.75, 3.05) is 7.11 Å². The SMILES string of the molecule is COc1cc(CCC(=O)CC(CCC2(Cc3cc[nH]c3)C=CC=CC2C)OC(C)=O)ccc1O. The molecule has 6 nitrogen and oxygen atoms in total. The Hall–Kier alpha value is -3.28. The van der Waals surface area contributed by atoms with Gasteiger partial charge in [0, 0.05) is 32.2 Å². The number of rotatable bonds is 12. The summed E-state index contributed by atoms with van der Waals surface area (Å²) in [5.74, 6) is 0.463. The topological polar surface area (TPSA) is 88.6 Å². The number of hydrogen-bond donors (Lipinski definition) is 2. The molecule has 0 bridgehead atoms. The summed E-state index contributed by atoms with van der Waals surface area (Å²) in [5, 5.41) is 9.75. The number of esters is 1. The number of phenolic OH excluding ortho intramolecular Hbond substituents is 1. The maximum Gasteiger partial charge on any atom is 0.302 e. The third-order valence-corrected chi connectivity index (χ3v) is 6.70. The highest BCUT2D eigenvalue weighted by molar-refractivity contribution is 5.79. The summed E-state index contributed by atoms with van der Waals surface area (Å²) in [6.07, 6.45) is 15.5. The molecular formula is C28H35NO5. The molecule has 0 aliphatic heterocycles. The molecule has 1 aliphatic rings. The van der Waals surface area contributed by atoms with Gasteiger partial charge in [-0.2, -0.15) is 0 Å². The zero-order valence-electron chi connectivity index (χ0n) is 20.3. The summed E-state index contributed by atoms with van der Waals surface area (Å²) >= 11 is 0. The first-order valence-electron chi connectivity index (χ1n) is 11.8. The largest absolute Gasteiger partial charge is 0.504 e. The molecule has 6 heteroatoms. The number of phenols is 1. The monoisotopic (exact) mass is 465 g/mol. The summed E-state index contributed by atoms with van der Waals surface area (Å²) < 4.78 is 10.7. The summed E-state index contributed by atoms with van der Waals surface area (Å²) in [7, 11) is 1.49. The van der Waals surface area contributed by atoms with E-state index in [2.05, 4.69) is 42.3 Å². The van der Waals surface area contributed by atoms with E-state index in [1.165, 1.54) is 19.6 Å². The van der Waals surface area contributed by atoms with Gasteiger partial charge in [0.05, 0.1) is 7.11 Å². The van der Waals surface area contributed by atoms with Crippen LogP contribution < -0.4 is 4.74 Å². The van der Waals surface area contributed by atoms with Gasteiger partial charge in [-0.1, -0.05) is 37.3 Å². The van der Waals surface area contributed by atoms with Crippen LogP contribution in [-0.2, 0) is 27.2 Å². The fraction of sp³-hybridized carbons (Fsp3) is 0.429. The molecule has 1 aliphatic carbocycles. The molecule has 182 valence electrons. The number of ether oxygens (including phenoxy) is 2. The molecule has 34 heavy (non-hydrogen) atoms. The molecule has 1 aromatic carbocycles. The molecule has 3 rings (SSSR count). The molecule has 0 fully saturated rings. The summed E-state index contributed by atoms with van der Waals surface area (Å²) in [6, 6.07) is 7.18. The number of allylic oxidation sites excluding steroid dienone is 4. The molecule has 1 heterocycles. The van der Waals surface area contributed by atoms with Gasteiger partial charge in [0.25, 0.3) is 0 Å². The van der Waals surface area contributed by atoms with Crippen molar-refractivity contribution in [2.45, 2.75) is 58.5 Å². The second-order valence-electron chi connectivity index (χ2n) is 9.18. The highest BCUT2D eigenvalue weighted by atomic mass is 16.5. The minimum atomic E-state index is -0.450. The number of aromatic amines is 1. The predicted molar refractivity (Wildman–Crippen MR) is 132 cm³/mol. The zero-order valence-corrected chi connectivity index (χ0v) is 20.3. The lowest BCUT2D eigenvalue weighted by atomic mass is 9.67. The van der Waals surface area contributed by atoms with E-state index in [0.29, 0.717) is 30.9 Å². The number of methoxy groups -OCH3 is 1. The van der Waals surface area contributed by atoms with Crippen molar-refractivity contribution in [2.24, 2.45) is 11.3 Å². The predicted octanol–water partition coefficient (Wildman–Crippen LogP) is 5.32. The average molecular weight is 466 g/mol. The highest BCUT2D eigenvalue weighted by Crippen LogP contribution is 2.42. The Morgan fingerprint density at radius 1 is 1.21 bits per heavy atom. The van der Waals surface area contributed by atoms with Gasteiger partial charge in [-0.25, -0.2) is 0 Å². The Bertz CT molecular complexity index is 1020. The maximum atomic E-state index is 12.8. The van der Waals surface area contributed by atoms with Crippen LogP contribution in [0.25, 0.3) is 0 Å². The molecule has 0 saturated carbocycles. The number of Topliss-reactive ketones (excluding diaryl/α,β-unsaturated/α-hetero) is 1. The lowest BCUT2D eigenvalue weighted by Gasteiger charge is -2.38. The molecular weight excluding hydrogens is 430 g/mol. The van der Waals surface area contributed by atoms with Gasteiger partial charge >= 0.3 is 5.97 Å². The Morgan fingerprint density at radius 3 is 2.71 bits per heavy atom. The van der Waals surface area contributed by atoms with Crippen molar-refractivity contribution in [3.8, 4) is 11.5 Å². The maximum absolute atomic E-state index is 12.8. The number of aromatic nitrogens is 1. The number of aromatic hydroxyl groups is 1. The second kappa shape index (κ2) is 11.7. The number of carbonyl (C=O) groups is 2. The van der Waals surface area contributed by atoms with Crippen molar-refractivity contribution in [3.05, 3.63) is 72.1 Å². The van der Waals surface area contributed by atoms with E-state index in [0.717, 1.165) is 18.4 Å². The second-order valence-corrected chi connectivity index (χ2v) is 9.18. The van der Waals surface area contributed by atoms with Gasteiger partial charge in [0.15, 0.2) is 11.5 Å². The molecule has 2 N–H and O–H groups in total. The third-order valence-electron chi connectivity index (χ3n) is 6.70. The first kappa shape index (κ1) is 25.3. The summed E-state index contributed by atoms with van der Waals surface area (Å²) in [5.41, 5.74) is 2.04. The van der Waals surface area contributed by atoms with Crippen molar-refractivity contribution in [1.82, 2.24) is 4.98 Å². The van der Waals surface area contributed by atoms with E-state index in [9.17, 15) is 14.7 Å². The number of ketones is 1. The minimum absolute atomic E-state index is 0.0464. The lowest BCUT2D eigenvalue weighted by Crippen LogP contribution is -2.32. The Kier molecular flexibility index (Phi) is 8.74. The molecule has 3 unspecified atom stereocenters. The lowest BCUT2D eigenvalue weighted by molar-refractivity contribution is -0.148. The van der Waals surface area contributed by atoms with Crippen LogP contribution in [0.5, 0.6) is 11.5 Å². The summed E-state index contributed by atoms with van der Waals surface area (Å²) in [6.45, 7) is 3.60. The molecule has 0 saturated heterocycles. The van der Waals surface area contributed by atoms with E-state index in [1.807, 2.05) is 12.4 Å². The van der Waals surface area contributed by atoms with Gasteiger partial charge in [-0.05, 0) is 66.3 Å². The van der Waals surface area contributed by atoms with Gasteiger partial charge < -0.3 is 19.6 Å². The van der Waals surface area contributed by atoms with E-state index < -0.39 is 6.10 Å². The van der Waals surface area contributed by atoms with Gasteiger partial charge in [0.1, 0.15) is 11.9 Å². The first-order chi connectivity index (χ1) is 16.3. The van der Waals surface area contributed by atoms with Crippen LogP contribution in [0.4, 0.5) is 0 Å². The van der Waals surface area contributed by atoms with Crippen LogP contribution in [-0.4, -0.2) is 35.1 Å². The van der Waals surface area contributed by atoms with Crippen LogP contribution in [0.1, 0.15) is 50.7 Å². The van der Waals surface area contributed by atoms with Gasteiger partial charge in [-0.3, -0.25) is 9.59 Å². The fourth-order valence-electron chi connectivity index (χ4n) is 4.67. The van der Waals surface area contributed by atoms with Crippen LogP contribution in [0, 0.1) is 11.3 Å². The van der Waals surface area contributed by atoms with E-state index >= 15 is 0 Å². The smallest absolute Gasteiger partial charge is 0.302 e. The molecule has 3 atom stereocenters. The Morgan fingerprint density at radius 2 is 2.03 bits per heavy atom. The van der Waals surface area contributed by atoms with Crippen molar-refractivity contribution in [1.29, 1.82) is 0 Å². The fourth-order valence-corrected chi connectivity index (χ4v) is 4.67. The number of nitrogens with one attached hydrogen (secondary N) is 1. The summed E-state index contributed by atoms with van der Waals surface area (Å²) in [4.78, 5) is 27.7. The number of carbonyl (C=O) groups excluding carboxylic acids is 2. The van der Waals surface area contributed by atoms with Crippen LogP contribution in [0.15, 0.2) is 61.0 Å². The molecule has 0 spiro atoms. The number of H-pyrrole nitrogens is 1. The number of aryl methyl sites for hydroxylation is 1. The standard InChI is InChI=1S/C28H35NO5/c1-20-6-4-5-13-28(20,18-23-12-15-29-19-23)14-11-25(34-21(2)30)17-24(31)9-7-22-8-10-26(32)27(16-22)33-3/h4-6,8,10,12-13,15-16,19-20,25,29,32H,7,9,11,14,17-18H2,1-3H3. The molecule has 0 radical (unpaired) electrons. The third kappa shape index (κ3) is 6.86. The zero-order chi connectivity index (χ0) is 24.6. The molecule has 1 aromatic heterocycles. The van der Waals surface area contributed by atoms with Crippen molar-refractivity contribution >= 4 is 11.8 Å². The number of benzene rings is 1. The van der Waals surface area contributed by atoms with Crippen LogP contribution in [0.3, 0.4) is 0 Å². The van der Waals surface area contributed by atoms with Crippen molar-refractivity contribution < 1.29 is 24.2 Å². The van der Waals surface area contributed by atoms with Crippen LogP contribution >= 0.6 is 0 Å². The average Bonchev–Trinajstić information content (AvgIpc) is 3.31. The molecule has 0 amide bonds. The van der Waals surface area contributed by atoms with Crippen LogP contribution in [0.2, 0.25) is 0 Å². The minimum Gasteiger partial charge on any atom is -0.504 e. The highest BCUT2D eigenvalue weighted by Gasteiger charge is 2.35. The Balaban J connectivity index is 1.63. The van der Waals surface area contributed by atoms with Crippen molar-refractivity contribution in [3.63, 3.8) is 0 Å². The van der Waals surface area contributed by atoms with Gasteiger partial charge in [0.2, 0.25) is 0 Å². The molecule has 2 aromatic rings. The van der Waals surface area contributed by atoms with E-state index in [4.69, 9.17) is 9.47 Å². The van der Waals surface area contributed by atoms with E-state index in [-0.39, 0.29) is 29.3 Å². The van der Waals surface area contributed by atoms with Gasteiger partial charge in [-0.15, -0.1) is 0 Å². The van der Waals surface area contributed by atoms with E-state index in [1.54, 1.807) is 18.2 Å². The normalized spacial score (nSPS) is 20.1. The number of hydrogen-bond acceptors (Lipinski definition) is 5. The quantitative estimate of drug-likeness (QED) is 0.414.